The third-order valence-electron chi connectivity index (χ3n) is 5.50. The zero-order chi connectivity index (χ0) is 28.6. The largest absolute Gasteiger partial charge is 0.490 e. The molecule has 12 nitrogen and oxygen atoms in total. The number of aromatic nitrogens is 2. The second kappa shape index (κ2) is 12.9. The third-order valence-corrected chi connectivity index (χ3v) is 5.50. The predicted octanol–water partition coefficient (Wildman–Crippen LogP) is 1.67. The van der Waals surface area contributed by atoms with Gasteiger partial charge in [-0.1, -0.05) is 18.2 Å². The summed E-state index contributed by atoms with van der Waals surface area (Å²) in [5.74, 6) is -2.92. The molecule has 1 unspecified atom stereocenters. The fourth-order valence-electron chi connectivity index (χ4n) is 3.56. The summed E-state index contributed by atoms with van der Waals surface area (Å²) in [6.45, 7) is 6.78. The number of carbonyl (C=O) groups excluding carboxylic acids is 1. The van der Waals surface area contributed by atoms with E-state index in [1.54, 1.807) is 13.1 Å². The lowest BCUT2D eigenvalue weighted by Crippen LogP contribution is -2.50. The van der Waals surface area contributed by atoms with Gasteiger partial charge in [0.2, 0.25) is 11.9 Å². The first-order chi connectivity index (χ1) is 17.8. The van der Waals surface area contributed by atoms with Crippen molar-refractivity contribution in [3.63, 3.8) is 0 Å². The highest BCUT2D eigenvalue weighted by Crippen LogP contribution is 2.24. The summed E-state index contributed by atoms with van der Waals surface area (Å²) >= 11 is 0. The Morgan fingerprint density at radius 2 is 1.95 bits per heavy atom. The van der Waals surface area contributed by atoms with Crippen LogP contribution in [-0.2, 0) is 21.0 Å². The van der Waals surface area contributed by atoms with Gasteiger partial charge < -0.3 is 21.1 Å². The highest BCUT2D eigenvalue weighted by Gasteiger charge is 2.38. The minimum atomic E-state index is -5.08. The summed E-state index contributed by atoms with van der Waals surface area (Å²) in [5, 5.41) is 18.7. The number of nitrogens with two attached hydrogens (primary N) is 1. The molecule has 3 rings (SSSR count). The average Bonchev–Trinajstić information content (AvgIpc) is 2.84. The first-order valence-electron chi connectivity index (χ1n) is 11.5. The van der Waals surface area contributed by atoms with Gasteiger partial charge in [-0.25, -0.2) is 14.8 Å². The van der Waals surface area contributed by atoms with Crippen molar-refractivity contribution >= 4 is 29.3 Å². The molecule has 0 aliphatic carbocycles. The fourth-order valence-corrected chi connectivity index (χ4v) is 3.56. The zero-order valence-corrected chi connectivity index (χ0v) is 21.1. The lowest BCUT2D eigenvalue weighted by molar-refractivity contribution is -0.192. The van der Waals surface area contributed by atoms with Gasteiger partial charge in [-0.3, -0.25) is 24.4 Å². The van der Waals surface area contributed by atoms with Crippen molar-refractivity contribution in [2.75, 3.05) is 24.6 Å². The molecule has 1 saturated heterocycles. The monoisotopic (exact) mass is 541 g/mol. The zero-order valence-electron chi connectivity index (χ0n) is 21.1. The highest BCUT2D eigenvalue weighted by atomic mass is 19.4. The van der Waals surface area contributed by atoms with E-state index in [1.807, 2.05) is 43.0 Å². The maximum absolute atomic E-state index is 13.2. The van der Waals surface area contributed by atoms with Gasteiger partial charge in [-0.2, -0.15) is 13.2 Å². The number of aliphatic carboxylic acids is 1. The summed E-state index contributed by atoms with van der Waals surface area (Å²) in [4.78, 5) is 46.4. The highest BCUT2D eigenvalue weighted by molar-refractivity contribution is 5.76. The molecule has 15 heteroatoms. The molecule has 208 valence electrons. The van der Waals surface area contributed by atoms with Crippen LogP contribution in [0.4, 0.5) is 24.7 Å². The van der Waals surface area contributed by atoms with Crippen molar-refractivity contribution in [3.05, 3.63) is 52.1 Å². The van der Waals surface area contributed by atoms with Crippen LogP contribution in [0.1, 0.15) is 24.6 Å². The third kappa shape index (κ3) is 7.93. The Labute approximate surface area is 216 Å². The molecule has 1 aromatic heterocycles. The normalized spacial score (nSPS) is 15.2. The van der Waals surface area contributed by atoms with Crippen molar-refractivity contribution in [1.29, 1.82) is 5.41 Å². The topological polar surface area (TPSA) is 167 Å². The van der Waals surface area contributed by atoms with Crippen molar-refractivity contribution in [2.45, 2.75) is 46.0 Å². The second-order valence-electron chi connectivity index (χ2n) is 8.28. The smallest absolute Gasteiger partial charge is 0.475 e. The molecule has 0 spiro atoms. The molecule has 1 aliphatic heterocycles. The van der Waals surface area contributed by atoms with Crippen molar-refractivity contribution in [3.8, 4) is 0 Å². The van der Waals surface area contributed by atoms with Crippen LogP contribution in [0.5, 0.6) is 0 Å². The molecule has 2 aromatic rings. The van der Waals surface area contributed by atoms with E-state index in [4.69, 9.17) is 25.9 Å². The van der Waals surface area contributed by atoms with Gasteiger partial charge >= 0.3 is 12.1 Å². The minimum Gasteiger partial charge on any atom is -0.475 e. The minimum absolute atomic E-state index is 0.113. The van der Waals surface area contributed by atoms with Gasteiger partial charge in [0.25, 0.3) is 5.56 Å². The van der Waals surface area contributed by atoms with Crippen LogP contribution in [0.3, 0.4) is 0 Å². The number of hydrogen-bond donors (Lipinski definition) is 4. The number of amides is 1. The Bertz CT molecular complexity index is 1210. The van der Waals surface area contributed by atoms with Gasteiger partial charge in [0.05, 0.1) is 19.2 Å². The summed E-state index contributed by atoms with van der Waals surface area (Å²) < 4.78 is 33.2. The standard InChI is InChI=1S/C21H29N7O3.C2HF3O2/c1-4-26(17-8-6-5-7-14(17)2)19-20(30)27(15(3)11-24-19)12-18(29)25-16-9-10-28(21(22)23)31-13-16;3-2(4,5)1(6)7/h5-8,11,16H,4,9-10,12-13H2,1-3H3,(H3,22,23)(H,25,29);(H,6,7). The number of hydroxylamine groups is 2. The van der Waals surface area contributed by atoms with Gasteiger partial charge in [0, 0.05) is 24.1 Å². The van der Waals surface area contributed by atoms with Crippen LogP contribution in [0.15, 0.2) is 35.3 Å². The first-order valence-corrected chi connectivity index (χ1v) is 11.5. The number of anilines is 2. The van der Waals surface area contributed by atoms with Gasteiger partial charge in [0.15, 0.2) is 5.82 Å². The maximum atomic E-state index is 13.2. The van der Waals surface area contributed by atoms with Crippen molar-refractivity contribution in [1.82, 2.24) is 19.9 Å². The number of benzene rings is 1. The van der Waals surface area contributed by atoms with Crippen molar-refractivity contribution in [2.24, 2.45) is 5.73 Å². The molecule has 1 aliphatic rings. The molecular weight excluding hydrogens is 511 g/mol. The Morgan fingerprint density at radius 3 is 2.45 bits per heavy atom. The number of carboxylic acid groups (broad SMARTS) is 1. The fraction of sp³-hybridized carbons (Fsp3) is 0.435. The maximum Gasteiger partial charge on any atom is 0.490 e. The number of nitrogens with one attached hydrogen (secondary N) is 2. The number of alkyl halides is 3. The van der Waals surface area contributed by atoms with E-state index in [2.05, 4.69) is 10.3 Å². The molecule has 1 atom stereocenters. The molecule has 38 heavy (non-hydrogen) atoms. The van der Waals surface area contributed by atoms with Crippen LogP contribution < -0.4 is 21.5 Å². The molecule has 1 amide bonds. The summed E-state index contributed by atoms with van der Waals surface area (Å²) in [5.41, 5.74) is 7.63. The molecule has 1 fully saturated rings. The molecule has 0 bridgehead atoms. The van der Waals surface area contributed by atoms with E-state index >= 15 is 0 Å². The van der Waals surface area contributed by atoms with Gasteiger partial charge in [0.1, 0.15) is 6.54 Å². The quantitative estimate of drug-likeness (QED) is 0.314. The predicted molar refractivity (Wildman–Crippen MR) is 132 cm³/mol. The molecule has 0 radical (unpaired) electrons. The Balaban J connectivity index is 0.000000638. The van der Waals surface area contributed by atoms with Gasteiger partial charge in [-0.15, -0.1) is 0 Å². The second-order valence-corrected chi connectivity index (χ2v) is 8.28. The van der Waals surface area contributed by atoms with E-state index in [-0.39, 0.29) is 42.4 Å². The number of para-hydroxylation sites is 1. The van der Waals surface area contributed by atoms with Crippen LogP contribution in [0.25, 0.3) is 0 Å². The Hall–Kier alpha value is -4.14. The number of carbonyl (C=O) groups is 2. The average molecular weight is 542 g/mol. The Kier molecular flexibility index (Phi) is 10.2. The number of hydrogen-bond acceptors (Lipinski definition) is 7. The summed E-state index contributed by atoms with van der Waals surface area (Å²) in [6.07, 6.45) is -2.88. The lowest BCUT2D eigenvalue weighted by Gasteiger charge is -2.31. The number of halogens is 3. The van der Waals surface area contributed by atoms with Crippen LogP contribution in [-0.4, -0.2) is 69.5 Å². The molecule has 1 aromatic carbocycles. The van der Waals surface area contributed by atoms with Gasteiger partial charge in [-0.05, 0) is 38.8 Å². The Morgan fingerprint density at radius 1 is 1.32 bits per heavy atom. The van der Waals surface area contributed by atoms with E-state index in [9.17, 15) is 22.8 Å². The van der Waals surface area contributed by atoms with E-state index in [0.717, 1.165) is 11.3 Å². The SMILES string of the molecule is CCN(c1ccccc1C)c1ncc(C)n(CC(=O)NC2CCN(C(=N)N)OC2)c1=O.O=C(O)C(F)(F)F. The summed E-state index contributed by atoms with van der Waals surface area (Å²) in [6, 6.07) is 7.59. The lowest BCUT2D eigenvalue weighted by atomic mass is 10.2. The number of rotatable bonds is 6. The number of aryl methyl sites for hydroxylation is 2. The number of guanidine groups is 1. The number of nitrogens with zero attached hydrogens (tertiary/aromatic N) is 4. The van der Waals surface area contributed by atoms with Crippen LogP contribution in [0, 0.1) is 19.3 Å². The number of carboxylic acids is 1. The molecule has 0 saturated carbocycles. The summed E-state index contributed by atoms with van der Waals surface area (Å²) in [7, 11) is 0. The molecule has 2 heterocycles. The van der Waals surface area contributed by atoms with E-state index in [0.29, 0.717) is 25.2 Å². The van der Waals surface area contributed by atoms with E-state index in [1.165, 1.54) is 9.63 Å². The van der Waals surface area contributed by atoms with Crippen molar-refractivity contribution < 1.29 is 32.7 Å². The van der Waals surface area contributed by atoms with E-state index < -0.39 is 12.1 Å². The van der Waals surface area contributed by atoms with Crippen LogP contribution >= 0.6 is 0 Å². The van der Waals surface area contributed by atoms with Crippen LogP contribution in [0.2, 0.25) is 0 Å². The molecular formula is C23H30F3N7O5. The molecule has 5 N–H and O–H groups in total. The first kappa shape index (κ1) is 30.1.